The van der Waals surface area contributed by atoms with Crippen molar-refractivity contribution in [2.45, 2.75) is 12.5 Å². The topological polar surface area (TPSA) is 99.8 Å². The van der Waals surface area contributed by atoms with Crippen LogP contribution in [0.3, 0.4) is 0 Å². The lowest BCUT2D eigenvalue weighted by molar-refractivity contribution is -0.118. The van der Waals surface area contributed by atoms with Crippen molar-refractivity contribution in [1.82, 2.24) is 15.0 Å². The summed E-state index contributed by atoms with van der Waals surface area (Å²) in [7, 11) is 1.73. The van der Waals surface area contributed by atoms with Crippen LogP contribution >= 0.6 is 0 Å². The van der Waals surface area contributed by atoms with Crippen molar-refractivity contribution in [3.63, 3.8) is 0 Å². The van der Waals surface area contributed by atoms with E-state index in [2.05, 4.69) is 10.3 Å². The SMILES string of the molecule is Cn1cc([C@@H](N)CC(N)=O)nn1. The molecular formula is C6H11N5O. The first kappa shape index (κ1) is 8.66. The van der Waals surface area contributed by atoms with Gasteiger partial charge in [0.25, 0.3) is 0 Å². The quantitative estimate of drug-likeness (QED) is 0.586. The van der Waals surface area contributed by atoms with Gasteiger partial charge in [-0.25, -0.2) is 0 Å². The second-order valence-electron chi connectivity index (χ2n) is 2.59. The highest BCUT2D eigenvalue weighted by atomic mass is 16.1. The molecule has 0 saturated carbocycles. The summed E-state index contributed by atoms with van der Waals surface area (Å²) in [6.07, 6.45) is 1.76. The van der Waals surface area contributed by atoms with Gasteiger partial charge in [-0.2, -0.15) is 0 Å². The van der Waals surface area contributed by atoms with Gasteiger partial charge < -0.3 is 11.5 Å². The molecule has 0 spiro atoms. The predicted molar refractivity (Wildman–Crippen MR) is 41.7 cm³/mol. The fourth-order valence-electron chi connectivity index (χ4n) is 0.856. The third-order valence-corrected chi connectivity index (χ3v) is 1.42. The van der Waals surface area contributed by atoms with Gasteiger partial charge >= 0.3 is 0 Å². The number of rotatable bonds is 3. The number of primary amides is 1. The minimum atomic E-state index is -0.448. The van der Waals surface area contributed by atoms with Gasteiger partial charge in [0, 0.05) is 19.7 Å². The Bertz CT molecular complexity index is 281. The highest BCUT2D eigenvalue weighted by molar-refractivity contribution is 5.74. The van der Waals surface area contributed by atoms with Crippen LogP contribution < -0.4 is 11.5 Å². The average Bonchev–Trinajstić information content (AvgIpc) is 2.34. The first-order valence-corrected chi connectivity index (χ1v) is 3.49. The van der Waals surface area contributed by atoms with Crippen LogP contribution in [-0.4, -0.2) is 20.9 Å². The van der Waals surface area contributed by atoms with Gasteiger partial charge in [-0.05, 0) is 0 Å². The monoisotopic (exact) mass is 169 g/mol. The first-order chi connectivity index (χ1) is 5.59. The zero-order valence-corrected chi connectivity index (χ0v) is 6.77. The summed E-state index contributed by atoms with van der Waals surface area (Å²) in [6.45, 7) is 0. The molecular weight excluding hydrogens is 158 g/mol. The van der Waals surface area contributed by atoms with Gasteiger partial charge in [0.2, 0.25) is 5.91 Å². The van der Waals surface area contributed by atoms with E-state index in [0.29, 0.717) is 5.69 Å². The normalized spacial score (nSPS) is 12.8. The van der Waals surface area contributed by atoms with Gasteiger partial charge in [0.05, 0.1) is 11.7 Å². The number of hydrogen-bond donors (Lipinski definition) is 2. The molecule has 0 aromatic carbocycles. The Kier molecular flexibility index (Phi) is 2.39. The molecule has 0 aliphatic heterocycles. The van der Waals surface area contributed by atoms with E-state index in [1.165, 1.54) is 4.68 Å². The van der Waals surface area contributed by atoms with Crippen LogP contribution in [0.25, 0.3) is 0 Å². The maximum atomic E-state index is 10.5. The number of aromatic nitrogens is 3. The number of carbonyl (C=O) groups is 1. The zero-order chi connectivity index (χ0) is 9.14. The van der Waals surface area contributed by atoms with Crippen LogP contribution in [0.15, 0.2) is 6.20 Å². The Morgan fingerprint density at radius 3 is 2.92 bits per heavy atom. The summed E-state index contributed by atoms with van der Waals surface area (Å²) in [6, 6.07) is -0.448. The smallest absolute Gasteiger partial charge is 0.219 e. The van der Waals surface area contributed by atoms with Crippen LogP contribution in [0, 0.1) is 0 Å². The summed E-state index contributed by atoms with van der Waals surface area (Å²) in [5.74, 6) is -0.437. The number of hydrogen-bond acceptors (Lipinski definition) is 4. The predicted octanol–water partition coefficient (Wildman–Crippen LogP) is -1.31. The van der Waals surface area contributed by atoms with Gasteiger partial charge in [-0.1, -0.05) is 5.21 Å². The number of aryl methyl sites for hydroxylation is 1. The van der Waals surface area contributed by atoms with Crippen molar-refractivity contribution in [1.29, 1.82) is 0 Å². The maximum absolute atomic E-state index is 10.5. The number of nitrogens with two attached hydrogens (primary N) is 2. The average molecular weight is 169 g/mol. The largest absolute Gasteiger partial charge is 0.370 e. The molecule has 1 aromatic rings. The first-order valence-electron chi connectivity index (χ1n) is 3.49. The highest BCUT2D eigenvalue weighted by Crippen LogP contribution is 2.08. The second-order valence-corrected chi connectivity index (χ2v) is 2.59. The summed E-state index contributed by atoms with van der Waals surface area (Å²) in [5.41, 5.74) is 11.1. The molecule has 0 bridgehead atoms. The lowest BCUT2D eigenvalue weighted by atomic mass is 10.1. The van der Waals surface area contributed by atoms with Crippen LogP contribution in [0.5, 0.6) is 0 Å². The van der Waals surface area contributed by atoms with Gasteiger partial charge in [0.15, 0.2) is 0 Å². The lowest BCUT2D eigenvalue weighted by Crippen LogP contribution is -2.20. The van der Waals surface area contributed by atoms with Gasteiger partial charge in [-0.3, -0.25) is 9.48 Å². The Balaban J connectivity index is 2.64. The van der Waals surface area contributed by atoms with Crippen molar-refractivity contribution >= 4 is 5.91 Å². The molecule has 0 unspecified atom stereocenters. The molecule has 1 rings (SSSR count). The zero-order valence-electron chi connectivity index (χ0n) is 6.77. The highest BCUT2D eigenvalue weighted by Gasteiger charge is 2.11. The standard InChI is InChI=1S/C6H11N5O/c1-11-3-5(9-10-11)4(7)2-6(8)12/h3-4H,2,7H2,1H3,(H2,8,12)/t4-/m0/s1. The molecule has 0 aliphatic rings. The van der Waals surface area contributed by atoms with Crippen molar-refractivity contribution in [2.75, 3.05) is 0 Å². The molecule has 66 valence electrons. The minimum Gasteiger partial charge on any atom is -0.370 e. The van der Waals surface area contributed by atoms with E-state index in [1.807, 2.05) is 0 Å². The van der Waals surface area contributed by atoms with E-state index < -0.39 is 11.9 Å². The molecule has 1 aromatic heterocycles. The summed E-state index contributed by atoms with van der Waals surface area (Å²) >= 11 is 0. The molecule has 0 aliphatic carbocycles. The molecule has 0 radical (unpaired) electrons. The van der Waals surface area contributed by atoms with Gasteiger partial charge in [-0.15, -0.1) is 5.10 Å². The van der Waals surface area contributed by atoms with Gasteiger partial charge in [0.1, 0.15) is 0 Å². The van der Waals surface area contributed by atoms with Crippen molar-refractivity contribution < 1.29 is 4.79 Å². The Hall–Kier alpha value is -1.43. The Morgan fingerprint density at radius 2 is 2.50 bits per heavy atom. The van der Waals surface area contributed by atoms with Crippen LogP contribution in [0.4, 0.5) is 0 Å². The molecule has 6 nitrogen and oxygen atoms in total. The third kappa shape index (κ3) is 2.03. The van der Waals surface area contributed by atoms with E-state index >= 15 is 0 Å². The molecule has 0 saturated heterocycles. The minimum absolute atomic E-state index is 0.0959. The third-order valence-electron chi connectivity index (χ3n) is 1.42. The molecule has 1 atom stereocenters. The Labute approximate surface area is 69.5 Å². The van der Waals surface area contributed by atoms with Crippen LogP contribution in [-0.2, 0) is 11.8 Å². The van der Waals surface area contributed by atoms with Crippen molar-refractivity contribution in [3.05, 3.63) is 11.9 Å². The summed E-state index contributed by atoms with van der Waals surface area (Å²) < 4.78 is 1.52. The van der Waals surface area contributed by atoms with Crippen molar-refractivity contribution in [3.8, 4) is 0 Å². The molecule has 4 N–H and O–H groups in total. The maximum Gasteiger partial charge on any atom is 0.219 e. The van der Waals surface area contributed by atoms with E-state index in [0.717, 1.165) is 0 Å². The molecule has 1 amide bonds. The fourth-order valence-corrected chi connectivity index (χ4v) is 0.856. The molecule has 12 heavy (non-hydrogen) atoms. The molecule has 1 heterocycles. The van der Waals surface area contributed by atoms with Crippen LogP contribution in [0.2, 0.25) is 0 Å². The van der Waals surface area contributed by atoms with Crippen LogP contribution in [0.1, 0.15) is 18.2 Å². The van der Waals surface area contributed by atoms with E-state index in [-0.39, 0.29) is 6.42 Å². The second kappa shape index (κ2) is 3.31. The summed E-state index contributed by atoms with van der Waals surface area (Å²) in [5, 5.41) is 7.43. The number of amides is 1. The van der Waals surface area contributed by atoms with E-state index in [4.69, 9.17) is 11.5 Å². The number of carbonyl (C=O) groups excluding carboxylic acids is 1. The molecule has 0 fully saturated rings. The van der Waals surface area contributed by atoms with E-state index in [1.54, 1.807) is 13.2 Å². The van der Waals surface area contributed by atoms with E-state index in [9.17, 15) is 4.79 Å². The molecule has 6 heteroatoms. The lowest BCUT2D eigenvalue weighted by Gasteiger charge is -2.02. The fraction of sp³-hybridized carbons (Fsp3) is 0.500. The Morgan fingerprint density at radius 1 is 1.83 bits per heavy atom. The van der Waals surface area contributed by atoms with Crippen molar-refractivity contribution in [2.24, 2.45) is 18.5 Å². The summed E-state index contributed by atoms with van der Waals surface area (Å²) in [4.78, 5) is 10.5. The number of nitrogens with zero attached hydrogens (tertiary/aromatic N) is 3.